The van der Waals surface area contributed by atoms with Gasteiger partial charge in [0.05, 0.1) is 18.1 Å². The van der Waals surface area contributed by atoms with Crippen LogP contribution in [0, 0.1) is 5.92 Å². The predicted molar refractivity (Wildman–Crippen MR) is 125 cm³/mol. The molecule has 1 unspecified atom stereocenters. The molecule has 0 radical (unpaired) electrons. The number of hydrogen-bond donors (Lipinski definition) is 0. The minimum absolute atomic E-state index is 0.113. The highest BCUT2D eigenvalue weighted by Gasteiger charge is 2.37. The second kappa shape index (κ2) is 8.99. The molecule has 176 valence electrons. The number of ether oxygens (including phenoxy) is 2. The van der Waals surface area contributed by atoms with E-state index in [1.807, 2.05) is 23.1 Å². The first-order chi connectivity index (χ1) is 15.9. The molecular weight excluding hydrogens is 440 g/mol. The fourth-order valence-corrected chi connectivity index (χ4v) is 6.50. The maximum atomic E-state index is 13.5. The summed E-state index contributed by atoms with van der Waals surface area (Å²) in [7, 11) is -3.67. The number of para-hydroxylation sites is 1. The molecule has 0 saturated carbocycles. The van der Waals surface area contributed by atoms with Gasteiger partial charge in [-0.1, -0.05) is 18.2 Å². The maximum absolute atomic E-state index is 13.5. The molecule has 1 atom stereocenters. The molecule has 0 bridgehead atoms. The van der Waals surface area contributed by atoms with Crippen LogP contribution in [0.15, 0.2) is 47.4 Å². The molecule has 0 aromatic heterocycles. The SMILES string of the molecule is CC1CCc2ccccc2N1C(=O)C1CCN(S(=O)(=O)c2ccc3c(c2)OCCCO3)CC1. The van der Waals surface area contributed by atoms with E-state index in [-0.39, 0.29) is 22.8 Å². The normalized spacial score (nSPS) is 21.8. The number of carbonyl (C=O) groups excluding carboxylic acids is 1. The van der Waals surface area contributed by atoms with E-state index in [1.165, 1.54) is 9.87 Å². The van der Waals surface area contributed by atoms with E-state index >= 15 is 0 Å². The van der Waals surface area contributed by atoms with Crippen molar-refractivity contribution in [1.82, 2.24) is 4.31 Å². The highest BCUT2D eigenvalue weighted by Crippen LogP contribution is 2.36. The van der Waals surface area contributed by atoms with Crippen LogP contribution in [0.3, 0.4) is 0 Å². The van der Waals surface area contributed by atoms with Gasteiger partial charge in [-0.3, -0.25) is 4.79 Å². The van der Waals surface area contributed by atoms with Crippen molar-refractivity contribution < 1.29 is 22.7 Å². The average molecular weight is 471 g/mol. The van der Waals surface area contributed by atoms with E-state index < -0.39 is 10.0 Å². The van der Waals surface area contributed by atoms with Gasteiger partial charge >= 0.3 is 0 Å². The zero-order valence-corrected chi connectivity index (χ0v) is 19.7. The van der Waals surface area contributed by atoms with Gasteiger partial charge in [-0.2, -0.15) is 4.31 Å². The molecule has 3 aliphatic rings. The Morgan fingerprint density at radius 2 is 1.70 bits per heavy atom. The molecule has 1 amide bonds. The molecule has 8 heteroatoms. The second-order valence-corrected chi connectivity index (χ2v) is 11.0. The third-order valence-electron chi connectivity index (χ3n) is 6.92. The second-order valence-electron chi connectivity index (χ2n) is 9.06. The molecular formula is C25H30N2O5S. The van der Waals surface area contributed by atoms with E-state index in [4.69, 9.17) is 9.47 Å². The number of piperidine rings is 1. The Morgan fingerprint density at radius 3 is 2.48 bits per heavy atom. The molecule has 2 aromatic rings. The molecule has 0 N–H and O–H groups in total. The number of rotatable bonds is 3. The van der Waals surface area contributed by atoms with Gasteiger partial charge in [0.25, 0.3) is 0 Å². The molecule has 3 aliphatic heterocycles. The first kappa shape index (κ1) is 22.2. The summed E-state index contributed by atoms with van der Waals surface area (Å²) in [6.45, 7) is 3.81. The molecule has 0 aliphatic carbocycles. The summed E-state index contributed by atoms with van der Waals surface area (Å²) >= 11 is 0. The van der Waals surface area contributed by atoms with E-state index in [1.54, 1.807) is 18.2 Å². The zero-order valence-electron chi connectivity index (χ0n) is 18.9. The van der Waals surface area contributed by atoms with Crippen molar-refractivity contribution in [2.75, 3.05) is 31.2 Å². The van der Waals surface area contributed by atoms with Crippen molar-refractivity contribution >= 4 is 21.6 Å². The highest BCUT2D eigenvalue weighted by molar-refractivity contribution is 7.89. The smallest absolute Gasteiger partial charge is 0.243 e. The van der Waals surface area contributed by atoms with Gasteiger partial charge < -0.3 is 14.4 Å². The summed E-state index contributed by atoms with van der Waals surface area (Å²) in [5.41, 5.74) is 2.21. The molecule has 2 aromatic carbocycles. The molecule has 3 heterocycles. The Balaban J connectivity index is 1.29. The summed E-state index contributed by atoms with van der Waals surface area (Å²) in [5.74, 6) is 0.985. The van der Waals surface area contributed by atoms with Gasteiger partial charge in [-0.05, 0) is 56.4 Å². The number of aryl methyl sites for hydroxylation is 1. The Morgan fingerprint density at radius 1 is 0.970 bits per heavy atom. The van der Waals surface area contributed by atoms with Crippen LogP contribution in [0.2, 0.25) is 0 Å². The van der Waals surface area contributed by atoms with Crippen molar-refractivity contribution in [3.05, 3.63) is 48.0 Å². The Kier molecular flexibility index (Phi) is 6.05. The van der Waals surface area contributed by atoms with Crippen LogP contribution in [0.5, 0.6) is 11.5 Å². The first-order valence-corrected chi connectivity index (χ1v) is 13.2. The van der Waals surface area contributed by atoms with Crippen molar-refractivity contribution in [2.45, 2.75) is 50.0 Å². The molecule has 0 spiro atoms. The Hall–Kier alpha value is -2.58. The van der Waals surface area contributed by atoms with Crippen LogP contribution >= 0.6 is 0 Å². The number of sulfonamides is 1. The molecule has 5 rings (SSSR count). The van der Waals surface area contributed by atoms with E-state index in [2.05, 4.69) is 13.0 Å². The lowest BCUT2D eigenvalue weighted by Gasteiger charge is -2.39. The van der Waals surface area contributed by atoms with Crippen molar-refractivity contribution in [2.24, 2.45) is 5.92 Å². The van der Waals surface area contributed by atoms with Gasteiger partial charge in [0.1, 0.15) is 0 Å². The molecule has 1 fully saturated rings. The Labute approximate surface area is 195 Å². The third kappa shape index (κ3) is 4.22. The average Bonchev–Trinajstić information content (AvgIpc) is 3.08. The fourth-order valence-electron chi connectivity index (χ4n) is 5.02. The van der Waals surface area contributed by atoms with Crippen LogP contribution in [0.1, 0.15) is 38.2 Å². The van der Waals surface area contributed by atoms with Crippen molar-refractivity contribution in [1.29, 1.82) is 0 Å². The van der Waals surface area contributed by atoms with Crippen molar-refractivity contribution in [3.63, 3.8) is 0 Å². The standard InChI is InChI=1S/C25H30N2O5S/c1-18-7-8-19-5-2-3-6-22(19)27(18)25(28)20-11-13-26(14-12-20)33(29,30)21-9-10-23-24(17-21)32-16-4-15-31-23/h2-3,5-6,9-10,17-18,20H,4,7-8,11-16H2,1H3. The van der Waals surface area contributed by atoms with Gasteiger partial charge in [0.2, 0.25) is 15.9 Å². The van der Waals surface area contributed by atoms with Crippen LogP contribution in [-0.2, 0) is 21.2 Å². The van der Waals surface area contributed by atoms with Gasteiger partial charge in [0.15, 0.2) is 11.5 Å². The summed E-state index contributed by atoms with van der Waals surface area (Å²) in [6.07, 6.45) is 3.73. The quantitative estimate of drug-likeness (QED) is 0.685. The van der Waals surface area contributed by atoms with Crippen LogP contribution < -0.4 is 14.4 Å². The maximum Gasteiger partial charge on any atom is 0.243 e. The number of benzene rings is 2. The van der Waals surface area contributed by atoms with E-state index in [0.29, 0.717) is 50.6 Å². The summed E-state index contributed by atoms with van der Waals surface area (Å²) in [4.78, 5) is 15.6. The number of amides is 1. The first-order valence-electron chi connectivity index (χ1n) is 11.8. The fraction of sp³-hybridized carbons (Fsp3) is 0.480. The monoisotopic (exact) mass is 470 g/mol. The lowest BCUT2D eigenvalue weighted by molar-refractivity contribution is -0.124. The number of carbonyl (C=O) groups is 1. The van der Waals surface area contributed by atoms with E-state index in [9.17, 15) is 13.2 Å². The number of nitrogens with zero attached hydrogens (tertiary/aromatic N) is 2. The number of anilines is 1. The zero-order chi connectivity index (χ0) is 23.0. The summed E-state index contributed by atoms with van der Waals surface area (Å²) in [6, 6.07) is 13.0. The molecule has 1 saturated heterocycles. The molecule has 33 heavy (non-hydrogen) atoms. The largest absolute Gasteiger partial charge is 0.490 e. The van der Waals surface area contributed by atoms with Crippen molar-refractivity contribution in [3.8, 4) is 11.5 Å². The minimum atomic E-state index is -3.67. The van der Waals surface area contributed by atoms with E-state index in [0.717, 1.165) is 24.9 Å². The summed E-state index contributed by atoms with van der Waals surface area (Å²) in [5, 5.41) is 0. The third-order valence-corrected chi connectivity index (χ3v) is 8.82. The Bertz CT molecular complexity index is 1140. The van der Waals surface area contributed by atoms with Gasteiger partial charge in [-0.15, -0.1) is 0 Å². The van der Waals surface area contributed by atoms with Gasteiger partial charge in [0, 0.05) is 43.2 Å². The van der Waals surface area contributed by atoms with Gasteiger partial charge in [-0.25, -0.2) is 8.42 Å². The topological polar surface area (TPSA) is 76.2 Å². The summed E-state index contributed by atoms with van der Waals surface area (Å²) < 4.78 is 39.3. The minimum Gasteiger partial charge on any atom is -0.490 e. The van der Waals surface area contributed by atoms with Crippen LogP contribution in [-0.4, -0.2) is 51.0 Å². The highest BCUT2D eigenvalue weighted by atomic mass is 32.2. The number of hydrogen-bond acceptors (Lipinski definition) is 5. The molecule has 7 nitrogen and oxygen atoms in total. The van der Waals surface area contributed by atoms with Crippen LogP contribution in [0.25, 0.3) is 0 Å². The predicted octanol–water partition coefficient (Wildman–Crippen LogP) is 3.62. The lowest BCUT2D eigenvalue weighted by Crippen LogP contribution is -2.48. The number of fused-ring (bicyclic) bond motifs is 2. The van der Waals surface area contributed by atoms with Crippen LogP contribution in [0.4, 0.5) is 5.69 Å². The lowest BCUT2D eigenvalue weighted by atomic mass is 9.91.